The van der Waals surface area contributed by atoms with Gasteiger partial charge in [-0.1, -0.05) is 6.92 Å². The first-order valence-corrected chi connectivity index (χ1v) is 8.97. The number of esters is 3. The second-order valence-electron chi connectivity index (χ2n) is 6.04. The molecule has 1 atom stereocenters. The van der Waals surface area contributed by atoms with Crippen LogP contribution in [0.5, 0.6) is 0 Å². The number of aliphatic hydroxyl groups excluding tert-OH is 1. The van der Waals surface area contributed by atoms with E-state index in [1.165, 1.54) is 12.2 Å². The lowest BCUT2D eigenvalue weighted by Gasteiger charge is -2.13. The Hall–Kier alpha value is -2.75. The number of ether oxygens (including phenoxy) is 3. The average molecular weight is 399 g/mol. The minimum absolute atomic E-state index is 0.0135. The quantitative estimate of drug-likeness (QED) is 0.252. The summed E-state index contributed by atoms with van der Waals surface area (Å²) in [7, 11) is 0. The number of hydrogen-bond acceptors (Lipinski definition) is 9. The number of nitrogens with zero attached hydrogens (tertiary/aromatic N) is 1. The van der Waals surface area contributed by atoms with Gasteiger partial charge in [-0.25, -0.2) is 0 Å². The van der Waals surface area contributed by atoms with E-state index in [9.17, 15) is 24.0 Å². The number of carbonyl (C=O) groups excluding carboxylic acids is 5. The third kappa shape index (κ3) is 8.76. The molecular weight excluding hydrogens is 374 g/mol. The zero-order valence-corrected chi connectivity index (χ0v) is 15.8. The lowest BCUT2D eigenvalue weighted by molar-refractivity contribution is -0.153. The molecule has 0 fully saturated rings. The summed E-state index contributed by atoms with van der Waals surface area (Å²) in [6, 6.07) is 0. The maximum atomic E-state index is 11.6. The fraction of sp³-hybridized carbons (Fsp3) is 0.611. The number of hydrogen-bond donors (Lipinski definition) is 1. The van der Waals surface area contributed by atoms with Crippen LogP contribution in [-0.4, -0.2) is 72.7 Å². The van der Waals surface area contributed by atoms with Crippen LogP contribution in [0, 0.1) is 5.92 Å². The number of imide groups is 1. The van der Waals surface area contributed by atoms with Crippen LogP contribution in [0.2, 0.25) is 0 Å². The monoisotopic (exact) mass is 399 g/mol. The molecule has 0 aliphatic carbocycles. The molecule has 0 aromatic heterocycles. The van der Waals surface area contributed by atoms with Gasteiger partial charge in [0.15, 0.2) is 0 Å². The highest BCUT2D eigenvalue weighted by Crippen LogP contribution is 2.07. The van der Waals surface area contributed by atoms with Crippen LogP contribution in [0.3, 0.4) is 0 Å². The van der Waals surface area contributed by atoms with E-state index in [1.54, 1.807) is 6.92 Å². The Morgan fingerprint density at radius 3 is 2.21 bits per heavy atom. The summed E-state index contributed by atoms with van der Waals surface area (Å²) in [4.78, 5) is 58.3. The summed E-state index contributed by atoms with van der Waals surface area (Å²) >= 11 is 0. The average Bonchev–Trinajstić information content (AvgIpc) is 2.98. The second kappa shape index (κ2) is 12.6. The molecule has 10 heteroatoms. The van der Waals surface area contributed by atoms with E-state index in [0.29, 0.717) is 0 Å². The van der Waals surface area contributed by atoms with Crippen LogP contribution in [-0.2, 0) is 38.2 Å². The van der Waals surface area contributed by atoms with E-state index in [4.69, 9.17) is 19.3 Å². The largest absolute Gasteiger partial charge is 0.466 e. The standard InChI is InChI=1S/C18H25NO9/c1-13(18(25)28-12-9-20)6-10-26-17(24)7-11-27-16(23)3-2-8-19-14(21)4-5-15(19)22/h4-5,13,20H,2-3,6-12H2,1H3. The highest BCUT2D eigenvalue weighted by atomic mass is 16.6. The van der Waals surface area contributed by atoms with Gasteiger partial charge in [0.2, 0.25) is 0 Å². The van der Waals surface area contributed by atoms with E-state index < -0.39 is 35.6 Å². The van der Waals surface area contributed by atoms with Crippen LogP contribution >= 0.6 is 0 Å². The van der Waals surface area contributed by atoms with Gasteiger partial charge < -0.3 is 19.3 Å². The number of amides is 2. The molecule has 1 N–H and O–H groups in total. The van der Waals surface area contributed by atoms with Crippen molar-refractivity contribution in [1.82, 2.24) is 4.90 Å². The van der Waals surface area contributed by atoms with Gasteiger partial charge in [-0.3, -0.25) is 28.9 Å². The van der Waals surface area contributed by atoms with Crippen LogP contribution < -0.4 is 0 Å². The zero-order chi connectivity index (χ0) is 20.9. The van der Waals surface area contributed by atoms with Gasteiger partial charge in [-0.15, -0.1) is 0 Å². The molecule has 0 spiro atoms. The normalized spacial score (nSPS) is 14.1. The van der Waals surface area contributed by atoms with Crippen molar-refractivity contribution in [3.8, 4) is 0 Å². The Morgan fingerprint density at radius 1 is 0.964 bits per heavy atom. The van der Waals surface area contributed by atoms with Crippen LogP contribution in [0.15, 0.2) is 12.2 Å². The maximum Gasteiger partial charge on any atom is 0.309 e. The van der Waals surface area contributed by atoms with Crippen molar-refractivity contribution >= 4 is 29.7 Å². The Labute approximate surface area is 162 Å². The SMILES string of the molecule is CC(CCOC(=O)CCOC(=O)CCCN1C(=O)C=CC1=O)C(=O)OCCO. The summed E-state index contributed by atoms with van der Waals surface area (Å²) in [6.45, 7) is 1.30. The third-order valence-corrected chi connectivity index (χ3v) is 3.78. The van der Waals surface area contributed by atoms with E-state index in [-0.39, 0.29) is 58.7 Å². The molecule has 1 unspecified atom stereocenters. The minimum atomic E-state index is -0.567. The molecule has 28 heavy (non-hydrogen) atoms. The minimum Gasteiger partial charge on any atom is -0.466 e. The lowest BCUT2D eigenvalue weighted by atomic mass is 10.1. The highest BCUT2D eigenvalue weighted by Gasteiger charge is 2.22. The zero-order valence-electron chi connectivity index (χ0n) is 15.8. The number of rotatable bonds is 13. The van der Waals surface area contributed by atoms with E-state index in [2.05, 4.69) is 0 Å². The van der Waals surface area contributed by atoms with Crippen molar-refractivity contribution in [2.45, 2.75) is 32.6 Å². The molecule has 156 valence electrons. The topological polar surface area (TPSA) is 137 Å². The van der Waals surface area contributed by atoms with Gasteiger partial charge in [-0.2, -0.15) is 0 Å². The number of carbonyl (C=O) groups is 5. The summed E-state index contributed by atoms with van der Waals surface area (Å²) in [6.07, 6.45) is 2.78. The maximum absolute atomic E-state index is 11.6. The molecule has 1 rings (SSSR count). The van der Waals surface area contributed by atoms with Crippen molar-refractivity contribution in [3.63, 3.8) is 0 Å². The molecule has 10 nitrogen and oxygen atoms in total. The molecule has 1 heterocycles. The van der Waals surface area contributed by atoms with Gasteiger partial charge in [0.05, 0.1) is 25.6 Å². The van der Waals surface area contributed by atoms with E-state index in [1.807, 2.05) is 0 Å². The van der Waals surface area contributed by atoms with Gasteiger partial charge in [-0.05, 0) is 12.8 Å². The van der Waals surface area contributed by atoms with Gasteiger partial charge in [0.1, 0.15) is 13.2 Å². The predicted octanol–water partition coefficient (Wildman–Crippen LogP) is -0.270. The van der Waals surface area contributed by atoms with Crippen LogP contribution in [0.1, 0.15) is 32.6 Å². The summed E-state index contributed by atoms with van der Waals surface area (Å²) in [5.74, 6) is -2.87. The Kier molecular flexibility index (Phi) is 10.5. The number of aliphatic hydroxyl groups is 1. The first-order valence-electron chi connectivity index (χ1n) is 8.97. The van der Waals surface area contributed by atoms with Gasteiger partial charge in [0, 0.05) is 25.1 Å². The fourth-order valence-electron chi connectivity index (χ4n) is 2.18. The molecule has 1 aliphatic heterocycles. The molecule has 1 aliphatic rings. The first-order chi connectivity index (χ1) is 13.3. The Balaban J connectivity index is 2.06. The predicted molar refractivity (Wildman–Crippen MR) is 93.5 cm³/mol. The van der Waals surface area contributed by atoms with Gasteiger partial charge in [0.25, 0.3) is 11.8 Å². The third-order valence-electron chi connectivity index (χ3n) is 3.78. The van der Waals surface area contributed by atoms with Crippen molar-refractivity contribution in [3.05, 3.63) is 12.2 Å². The van der Waals surface area contributed by atoms with Crippen molar-refractivity contribution in [2.24, 2.45) is 5.92 Å². The molecule has 0 aromatic rings. The summed E-state index contributed by atoms with van der Waals surface area (Å²) in [5.41, 5.74) is 0. The molecule has 2 amide bonds. The molecule has 0 bridgehead atoms. The second-order valence-corrected chi connectivity index (χ2v) is 6.04. The van der Waals surface area contributed by atoms with Gasteiger partial charge >= 0.3 is 17.9 Å². The van der Waals surface area contributed by atoms with E-state index >= 15 is 0 Å². The molecule has 0 radical (unpaired) electrons. The summed E-state index contributed by atoms with van der Waals surface area (Å²) in [5, 5.41) is 8.57. The van der Waals surface area contributed by atoms with Crippen LogP contribution in [0.4, 0.5) is 0 Å². The van der Waals surface area contributed by atoms with Crippen molar-refractivity contribution in [1.29, 1.82) is 0 Å². The highest BCUT2D eigenvalue weighted by molar-refractivity contribution is 6.12. The molecular formula is C18H25NO9. The van der Waals surface area contributed by atoms with Crippen molar-refractivity contribution < 1.29 is 43.3 Å². The molecule has 0 saturated carbocycles. The Bertz CT molecular complexity index is 596. The van der Waals surface area contributed by atoms with Crippen molar-refractivity contribution in [2.75, 3.05) is 33.0 Å². The summed E-state index contributed by atoms with van der Waals surface area (Å²) < 4.78 is 14.6. The smallest absolute Gasteiger partial charge is 0.309 e. The first kappa shape index (κ1) is 23.3. The van der Waals surface area contributed by atoms with Crippen LogP contribution in [0.25, 0.3) is 0 Å². The molecule has 0 aromatic carbocycles. The van der Waals surface area contributed by atoms with E-state index in [0.717, 1.165) is 4.90 Å². The molecule has 0 saturated heterocycles. The Morgan fingerprint density at radius 2 is 1.57 bits per heavy atom. The lowest BCUT2D eigenvalue weighted by Crippen LogP contribution is -2.31. The fourth-order valence-corrected chi connectivity index (χ4v) is 2.18.